The van der Waals surface area contributed by atoms with Gasteiger partial charge in [0.25, 0.3) is 10.0 Å². The lowest BCUT2D eigenvalue weighted by Gasteiger charge is -2.02. The zero-order chi connectivity index (χ0) is 14.9. The first-order valence-corrected chi connectivity index (χ1v) is 7.39. The van der Waals surface area contributed by atoms with Crippen LogP contribution in [0.15, 0.2) is 11.2 Å². The van der Waals surface area contributed by atoms with Gasteiger partial charge >= 0.3 is 0 Å². The van der Waals surface area contributed by atoms with Crippen LogP contribution in [0.2, 0.25) is 0 Å². The Balaban J connectivity index is 2.38. The van der Waals surface area contributed by atoms with E-state index in [4.69, 9.17) is 5.26 Å². The Labute approximate surface area is 116 Å². The summed E-state index contributed by atoms with van der Waals surface area (Å²) in [5.74, 6) is 0.584. The molecule has 0 unspecified atom stereocenters. The molecule has 2 N–H and O–H groups in total. The lowest BCUT2D eigenvalue weighted by atomic mass is 10.3. The summed E-state index contributed by atoms with van der Waals surface area (Å²) in [6, 6.07) is 1.90. The number of hydrogen-bond acceptors (Lipinski definition) is 5. The van der Waals surface area contributed by atoms with E-state index in [9.17, 15) is 8.42 Å². The maximum absolute atomic E-state index is 12.2. The van der Waals surface area contributed by atoms with Crippen LogP contribution in [0, 0.1) is 25.2 Å². The minimum absolute atomic E-state index is 0.0197. The summed E-state index contributed by atoms with van der Waals surface area (Å²) >= 11 is 0. The molecule has 0 aliphatic heterocycles. The van der Waals surface area contributed by atoms with Crippen LogP contribution >= 0.6 is 0 Å². The number of sulfonamides is 1. The van der Waals surface area contributed by atoms with Crippen molar-refractivity contribution in [1.82, 2.24) is 19.7 Å². The zero-order valence-corrected chi connectivity index (χ0v) is 12.1. The number of H-pyrrole nitrogens is 1. The number of hydrogen-bond donors (Lipinski definition) is 2. The van der Waals surface area contributed by atoms with Crippen LogP contribution in [0.4, 0.5) is 5.82 Å². The molecular weight excluding hydrogens is 280 g/mol. The van der Waals surface area contributed by atoms with E-state index in [-0.39, 0.29) is 16.4 Å². The Morgan fingerprint density at radius 2 is 2.20 bits per heavy atom. The Morgan fingerprint density at radius 1 is 1.50 bits per heavy atom. The number of nitrogens with one attached hydrogen (secondary N) is 2. The number of nitriles is 1. The van der Waals surface area contributed by atoms with E-state index in [1.807, 2.05) is 13.0 Å². The SMILES string of the molecule is CCn1cc(S(=O)(=O)Nc2n[nH]c(C)c2C#N)nc1C. The number of rotatable bonds is 4. The third-order valence-electron chi connectivity index (χ3n) is 2.86. The molecule has 0 saturated heterocycles. The first-order valence-electron chi connectivity index (χ1n) is 5.90. The third kappa shape index (κ3) is 2.37. The number of aromatic amines is 1. The lowest BCUT2D eigenvalue weighted by Crippen LogP contribution is -2.14. The summed E-state index contributed by atoms with van der Waals surface area (Å²) in [7, 11) is -3.86. The molecule has 0 atom stereocenters. The van der Waals surface area contributed by atoms with Crippen molar-refractivity contribution in [2.75, 3.05) is 4.72 Å². The highest BCUT2D eigenvalue weighted by Gasteiger charge is 2.22. The van der Waals surface area contributed by atoms with Gasteiger partial charge in [0, 0.05) is 12.7 Å². The molecule has 0 radical (unpaired) electrons. The Bertz CT molecular complexity index is 780. The summed E-state index contributed by atoms with van der Waals surface area (Å²) in [6.07, 6.45) is 1.45. The van der Waals surface area contributed by atoms with Gasteiger partial charge in [-0.15, -0.1) is 0 Å². The standard InChI is InChI=1S/C11H14N6O2S/c1-4-17-6-10(13-8(17)3)20(18,19)16-11-9(5-12)7(2)14-15-11/h6H,4H2,1-3H3,(H2,14,15,16). The van der Waals surface area contributed by atoms with Crippen LogP contribution in [0.1, 0.15) is 24.0 Å². The van der Waals surface area contributed by atoms with Crippen LogP contribution in [0.5, 0.6) is 0 Å². The van der Waals surface area contributed by atoms with E-state index in [0.717, 1.165) is 0 Å². The van der Waals surface area contributed by atoms with Gasteiger partial charge < -0.3 is 4.57 Å². The van der Waals surface area contributed by atoms with Crippen LogP contribution in [0.25, 0.3) is 0 Å². The molecule has 20 heavy (non-hydrogen) atoms. The second-order valence-electron chi connectivity index (χ2n) is 4.20. The molecule has 0 aliphatic carbocycles. The summed E-state index contributed by atoms with van der Waals surface area (Å²) in [6.45, 7) is 5.88. The van der Waals surface area contributed by atoms with E-state index in [1.165, 1.54) is 6.20 Å². The Kier molecular flexibility index (Phi) is 3.50. The molecule has 106 valence electrons. The van der Waals surface area contributed by atoms with Crippen LogP contribution in [0.3, 0.4) is 0 Å². The normalized spacial score (nSPS) is 11.3. The van der Waals surface area contributed by atoms with E-state index < -0.39 is 10.0 Å². The zero-order valence-electron chi connectivity index (χ0n) is 11.3. The maximum Gasteiger partial charge on any atom is 0.282 e. The lowest BCUT2D eigenvalue weighted by molar-refractivity contribution is 0.597. The van der Waals surface area contributed by atoms with Gasteiger partial charge in [-0.3, -0.25) is 9.82 Å². The summed E-state index contributed by atoms with van der Waals surface area (Å²) in [5, 5.41) is 15.2. The molecular formula is C11H14N6O2S. The molecule has 0 bridgehead atoms. The fraction of sp³-hybridized carbons (Fsp3) is 0.364. The van der Waals surface area contributed by atoms with Crippen molar-refractivity contribution < 1.29 is 8.42 Å². The van der Waals surface area contributed by atoms with Gasteiger partial charge in [-0.1, -0.05) is 0 Å². The second-order valence-corrected chi connectivity index (χ2v) is 5.83. The Morgan fingerprint density at radius 3 is 2.75 bits per heavy atom. The molecule has 8 nitrogen and oxygen atoms in total. The quantitative estimate of drug-likeness (QED) is 0.869. The molecule has 2 aromatic heterocycles. The Hall–Kier alpha value is -2.34. The minimum Gasteiger partial charge on any atom is -0.334 e. The summed E-state index contributed by atoms with van der Waals surface area (Å²) in [5.41, 5.74) is 0.667. The first kappa shape index (κ1) is 14.1. The predicted octanol–water partition coefficient (Wildman–Crippen LogP) is 0.915. The maximum atomic E-state index is 12.2. The predicted molar refractivity (Wildman–Crippen MR) is 71.5 cm³/mol. The molecule has 0 amide bonds. The largest absolute Gasteiger partial charge is 0.334 e. The fourth-order valence-electron chi connectivity index (χ4n) is 1.75. The molecule has 9 heteroatoms. The van der Waals surface area contributed by atoms with Crippen LogP contribution in [-0.2, 0) is 16.6 Å². The summed E-state index contributed by atoms with van der Waals surface area (Å²) < 4.78 is 28.4. The van der Waals surface area contributed by atoms with Crippen molar-refractivity contribution in [2.24, 2.45) is 0 Å². The van der Waals surface area contributed by atoms with Gasteiger partial charge in [-0.25, -0.2) is 4.98 Å². The van der Waals surface area contributed by atoms with Gasteiger partial charge in [0.1, 0.15) is 17.5 Å². The smallest absolute Gasteiger partial charge is 0.282 e. The highest BCUT2D eigenvalue weighted by Crippen LogP contribution is 2.19. The van der Waals surface area contributed by atoms with Crippen molar-refractivity contribution in [2.45, 2.75) is 32.3 Å². The van der Waals surface area contributed by atoms with Crippen molar-refractivity contribution in [3.05, 3.63) is 23.3 Å². The van der Waals surface area contributed by atoms with E-state index >= 15 is 0 Å². The molecule has 0 aromatic carbocycles. The third-order valence-corrected chi connectivity index (χ3v) is 4.07. The van der Waals surface area contributed by atoms with Gasteiger partial charge in [0.05, 0.1) is 5.69 Å². The molecule has 2 rings (SSSR count). The topological polar surface area (TPSA) is 116 Å². The van der Waals surface area contributed by atoms with E-state index in [1.54, 1.807) is 18.4 Å². The molecule has 0 fully saturated rings. The number of aryl methyl sites for hydroxylation is 3. The molecule has 2 aromatic rings. The highest BCUT2D eigenvalue weighted by molar-refractivity contribution is 7.92. The van der Waals surface area contributed by atoms with Crippen molar-refractivity contribution in [3.63, 3.8) is 0 Å². The van der Waals surface area contributed by atoms with Gasteiger partial charge in [-0.2, -0.15) is 18.8 Å². The highest BCUT2D eigenvalue weighted by atomic mass is 32.2. The van der Waals surface area contributed by atoms with Crippen molar-refractivity contribution in [1.29, 1.82) is 5.26 Å². The van der Waals surface area contributed by atoms with Crippen molar-refractivity contribution in [3.8, 4) is 6.07 Å². The summed E-state index contributed by atoms with van der Waals surface area (Å²) in [4.78, 5) is 4.00. The minimum atomic E-state index is -3.86. The first-order chi connectivity index (χ1) is 9.39. The van der Waals surface area contributed by atoms with Gasteiger partial charge in [-0.05, 0) is 20.8 Å². The van der Waals surface area contributed by atoms with Crippen LogP contribution in [-0.4, -0.2) is 28.2 Å². The van der Waals surface area contributed by atoms with Gasteiger partial charge in [0.2, 0.25) is 0 Å². The number of anilines is 1. The number of imidazole rings is 1. The molecule has 0 saturated carbocycles. The monoisotopic (exact) mass is 294 g/mol. The van der Waals surface area contributed by atoms with Gasteiger partial charge in [0.15, 0.2) is 10.8 Å². The molecule has 0 aliphatic rings. The molecule has 2 heterocycles. The van der Waals surface area contributed by atoms with E-state index in [0.29, 0.717) is 18.1 Å². The number of nitrogens with zero attached hydrogens (tertiary/aromatic N) is 4. The average Bonchev–Trinajstić information content (AvgIpc) is 2.93. The van der Waals surface area contributed by atoms with Crippen molar-refractivity contribution >= 4 is 15.8 Å². The fourth-order valence-corrected chi connectivity index (χ4v) is 2.77. The van der Waals surface area contributed by atoms with Crippen LogP contribution < -0.4 is 4.72 Å². The molecule has 0 spiro atoms. The average molecular weight is 294 g/mol. The second kappa shape index (κ2) is 4.97. The van der Waals surface area contributed by atoms with E-state index in [2.05, 4.69) is 19.9 Å². The number of aromatic nitrogens is 4.